The van der Waals surface area contributed by atoms with Gasteiger partial charge in [-0.1, -0.05) is 0 Å². The summed E-state index contributed by atoms with van der Waals surface area (Å²) in [7, 11) is 1.58. The number of carbonyl (C=O) groups is 1. The number of amides is 1. The number of hydrogen-bond donors (Lipinski definition) is 1. The zero-order valence-electron chi connectivity index (χ0n) is 9.98. The summed E-state index contributed by atoms with van der Waals surface area (Å²) in [4.78, 5) is 16.0. The van der Waals surface area contributed by atoms with Crippen molar-refractivity contribution in [1.82, 2.24) is 4.98 Å². The predicted octanol–water partition coefficient (Wildman–Crippen LogP) is 3.87. The maximum atomic E-state index is 12.1. The van der Waals surface area contributed by atoms with E-state index in [9.17, 15) is 4.79 Å². The van der Waals surface area contributed by atoms with E-state index in [0.717, 1.165) is 8.95 Å². The average molecular weight is 386 g/mol. The second-order valence-corrected chi connectivity index (χ2v) is 5.37. The molecule has 0 aliphatic heterocycles. The van der Waals surface area contributed by atoms with E-state index < -0.39 is 0 Å². The Bertz CT molecular complexity index is 617. The average Bonchev–Trinajstić information content (AvgIpc) is 2.41. The van der Waals surface area contributed by atoms with Gasteiger partial charge in [0.1, 0.15) is 5.75 Å². The molecule has 1 amide bonds. The number of anilines is 1. The first-order valence-corrected chi connectivity index (χ1v) is 6.95. The van der Waals surface area contributed by atoms with E-state index in [1.807, 2.05) is 0 Å². The summed E-state index contributed by atoms with van der Waals surface area (Å²) in [6.45, 7) is 0. The number of ether oxygens (including phenoxy) is 1. The van der Waals surface area contributed by atoms with Gasteiger partial charge >= 0.3 is 0 Å². The lowest BCUT2D eigenvalue weighted by molar-refractivity contribution is 0.102. The van der Waals surface area contributed by atoms with E-state index in [4.69, 9.17) is 4.74 Å². The van der Waals surface area contributed by atoms with Crippen molar-refractivity contribution in [3.63, 3.8) is 0 Å². The van der Waals surface area contributed by atoms with Crippen molar-refractivity contribution in [3.05, 3.63) is 51.2 Å². The van der Waals surface area contributed by atoms with Gasteiger partial charge in [0.05, 0.1) is 21.7 Å². The van der Waals surface area contributed by atoms with Crippen LogP contribution >= 0.6 is 31.9 Å². The van der Waals surface area contributed by atoms with Crippen LogP contribution in [0.5, 0.6) is 5.75 Å². The molecular formula is C13H10Br2N2O2. The van der Waals surface area contributed by atoms with Crippen molar-refractivity contribution < 1.29 is 9.53 Å². The van der Waals surface area contributed by atoms with Crippen molar-refractivity contribution in [3.8, 4) is 5.75 Å². The number of pyridine rings is 1. The molecule has 0 unspecified atom stereocenters. The van der Waals surface area contributed by atoms with Gasteiger partial charge in [-0.3, -0.25) is 9.78 Å². The second-order valence-electron chi connectivity index (χ2n) is 3.66. The molecule has 19 heavy (non-hydrogen) atoms. The fraction of sp³-hybridized carbons (Fsp3) is 0.0769. The van der Waals surface area contributed by atoms with Crippen molar-refractivity contribution in [2.75, 3.05) is 12.4 Å². The predicted molar refractivity (Wildman–Crippen MR) is 80.6 cm³/mol. The Morgan fingerprint density at radius 1 is 1.26 bits per heavy atom. The van der Waals surface area contributed by atoms with Crippen LogP contribution in [0.3, 0.4) is 0 Å². The van der Waals surface area contributed by atoms with E-state index in [1.54, 1.807) is 43.8 Å². The molecule has 1 heterocycles. The van der Waals surface area contributed by atoms with Crippen LogP contribution in [0.25, 0.3) is 0 Å². The van der Waals surface area contributed by atoms with E-state index in [0.29, 0.717) is 17.0 Å². The topological polar surface area (TPSA) is 51.2 Å². The highest BCUT2D eigenvalue weighted by molar-refractivity contribution is 9.11. The zero-order chi connectivity index (χ0) is 13.8. The molecule has 0 aliphatic carbocycles. The molecule has 2 rings (SSSR count). The normalized spacial score (nSPS) is 10.1. The quantitative estimate of drug-likeness (QED) is 0.872. The lowest BCUT2D eigenvalue weighted by Crippen LogP contribution is -2.12. The molecule has 0 radical (unpaired) electrons. The number of hydrogen-bond acceptors (Lipinski definition) is 3. The fourth-order valence-corrected chi connectivity index (χ4v) is 2.37. The molecule has 0 atom stereocenters. The van der Waals surface area contributed by atoms with Crippen LogP contribution < -0.4 is 10.1 Å². The summed E-state index contributed by atoms with van der Waals surface area (Å²) in [5.41, 5.74) is 1.21. The molecule has 0 saturated carbocycles. The standard InChI is InChI=1S/C13H10Br2N2O2/c1-19-12-3-2-8(6-9(12)14)13(18)17-11-4-5-16-7-10(11)15/h2-7H,1H3,(H,16,17,18). The van der Waals surface area contributed by atoms with E-state index >= 15 is 0 Å². The van der Waals surface area contributed by atoms with Gasteiger partial charge in [0.15, 0.2) is 0 Å². The summed E-state index contributed by atoms with van der Waals surface area (Å²) in [6.07, 6.45) is 3.24. The molecule has 0 spiro atoms. The number of nitrogens with one attached hydrogen (secondary N) is 1. The van der Waals surface area contributed by atoms with Gasteiger partial charge in [0.25, 0.3) is 5.91 Å². The van der Waals surface area contributed by atoms with Crippen LogP contribution in [0.1, 0.15) is 10.4 Å². The van der Waals surface area contributed by atoms with Crippen molar-refractivity contribution in [2.45, 2.75) is 0 Å². The molecule has 1 aromatic heterocycles. The molecule has 0 saturated heterocycles. The molecule has 6 heteroatoms. The highest BCUT2D eigenvalue weighted by atomic mass is 79.9. The number of methoxy groups -OCH3 is 1. The highest BCUT2D eigenvalue weighted by Crippen LogP contribution is 2.26. The van der Waals surface area contributed by atoms with Crippen LogP contribution in [-0.2, 0) is 0 Å². The summed E-state index contributed by atoms with van der Waals surface area (Å²) in [6, 6.07) is 6.87. The largest absolute Gasteiger partial charge is 0.496 e. The second kappa shape index (κ2) is 6.16. The van der Waals surface area contributed by atoms with Gasteiger partial charge in [-0.2, -0.15) is 0 Å². The Morgan fingerprint density at radius 3 is 2.68 bits per heavy atom. The highest BCUT2D eigenvalue weighted by Gasteiger charge is 2.10. The smallest absolute Gasteiger partial charge is 0.255 e. The Balaban J connectivity index is 2.21. The lowest BCUT2D eigenvalue weighted by Gasteiger charge is -2.08. The minimum atomic E-state index is -0.199. The minimum Gasteiger partial charge on any atom is -0.496 e. The summed E-state index contributed by atoms with van der Waals surface area (Å²) < 4.78 is 6.59. The van der Waals surface area contributed by atoms with Crippen molar-refractivity contribution in [1.29, 1.82) is 0 Å². The Labute approximate surface area is 127 Å². The Kier molecular flexibility index (Phi) is 4.55. The van der Waals surface area contributed by atoms with Crippen LogP contribution in [0.2, 0.25) is 0 Å². The van der Waals surface area contributed by atoms with Crippen LogP contribution in [0.4, 0.5) is 5.69 Å². The third kappa shape index (κ3) is 3.33. The summed E-state index contributed by atoms with van der Waals surface area (Å²) >= 11 is 6.68. The number of aromatic nitrogens is 1. The summed E-state index contributed by atoms with van der Waals surface area (Å²) in [5, 5.41) is 2.80. The Hall–Kier alpha value is -1.40. The molecule has 1 aromatic carbocycles. The van der Waals surface area contributed by atoms with Crippen LogP contribution in [-0.4, -0.2) is 18.0 Å². The van der Waals surface area contributed by atoms with Gasteiger partial charge < -0.3 is 10.1 Å². The number of rotatable bonds is 3. The first kappa shape index (κ1) is 14.0. The SMILES string of the molecule is COc1ccc(C(=O)Nc2ccncc2Br)cc1Br. The van der Waals surface area contributed by atoms with Gasteiger partial charge in [-0.15, -0.1) is 0 Å². The lowest BCUT2D eigenvalue weighted by atomic mass is 10.2. The zero-order valence-corrected chi connectivity index (χ0v) is 13.2. The molecule has 0 bridgehead atoms. The number of halogens is 2. The summed E-state index contributed by atoms with van der Waals surface area (Å²) in [5.74, 6) is 0.483. The minimum absolute atomic E-state index is 0.199. The monoisotopic (exact) mass is 384 g/mol. The molecule has 4 nitrogen and oxygen atoms in total. The van der Waals surface area contributed by atoms with Crippen LogP contribution in [0.15, 0.2) is 45.6 Å². The van der Waals surface area contributed by atoms with Crippen molar-refractivity contribution >= 4 is 43.5 Å². The van der Waals surface area contributed by atoms with Gasteiger partial charge in [-0.25, -0.2) is 0 Å². The number of nitrogens with zero attached hydrogens (tertiary/aromatic N) is 1. The van der Waals surface area contributed by atoms with E-state index in [2.05, 4.69) is 42.2 Å². The third-order valence-corrected chi connectivity index (χ3v) is 3.69. The Morgan fingerprint density at radius 2 is 2.05 bits per heavy atom. The number of benzene rings is 1. The van der Waals surface area contributed by atoms with Crippen molar-refractivity contribution in [2.24, 2.45) is 0 Å². The first-order chi connectivity index (χ1) is 9.11. The number of carbonyl (C=O) groups excluding carboxylic acids is 1. The molecule has 2 aromatic rings. The van der Waals surface area contributed by atoms with Crippen LogP contribution in [0, 0.1) is 0 Å². The van der Waals surface area contributed by atoms with E-state index in [1.165, 1.54) is 0 Å². The van der Waals surface area contributed by atoms with Gasteiger partial charge in [-0.05, 0) is 56.1 Å². The van der Waals surface area contributed by atoms with Gasteiger partial charge in [0.2, 0.25) is 0 Å². The molecule has 1 N–H and O–H groups in total. The molecule has 98 valence electrons. The first-order valence-electron chi connectivity index (χ1n) is 5.36. The molecule has 0 aliphatic rings. The maximum absolute atomic E-state index is 12.1. The van der Waals surface area contributed by atoms with Gasteiger partial charge in [0, 0.05) is 18.0 Å². The molecular weight excluding hydrogens is 376 g/mol. The maximum Gasteiger partial charge on any atom is 0.255 e. The fourth-order valence-electron chi connectivity index (χ4n) is 1.48. The third-order valence-electron chi connectivity index (χ3n) is 2.43. The van der Waals surface area contributed by atoms with E-state index in [-0.39, 0.29) is 5.91 Å². The molecule has 0 fully saturated rings.